The molecule has 5 rings (SSSR count). The summed E-state index contributed by atoms with van der Waals surface area (Å²) in [6.07, 6.45) is 8.98. The van der Waals surface area contributed by atoms with Crippen LogP contribution < -0.4 is 16.0 Å². The molecule has 10 heteroatoms. The number of hydrogen-bond donors (Lipinski definition) is 4. The predicted molar refractivity (Wildman–Crippen MR) is 158 cm³/mol. The first-order valence-corrected chi connectivity index (χ1v) is 13.9. The number of amides is 3. The molecule has 0 radical (unpaired) electrons. The van der Waals surface area contributed by atoms with Gasteiger partial charge >= 0.3 is 6.03 Å². The van der Waals surface area contributed by atoms with Crippen LogP contribution in [0.15, 0.2) is 79.1 Å². The number of nitro benzene ring substituents is 1. The number of nitrogens with one attached hydrogen (secondary N) is 4. The molecule has 4 N–H and O–H groups in total. The standard InChI is InChI=1S/C31H34N6O4/c1-30(19-22-20-33-26-13-4-3-12-25(22)26,36-29(39)35-23-10-9-11-24(18-23)37(40)41)28(38)34-21-31(15-6-2-7-16-31)27-14-5-8-17-32-27/h3-5,8-14,17-18,20,33H,2,6-7,15-16,19,21H2,1H3,(H,34,38)(H2,35,36,39)/t30-/m0/s1. The maximum absolute atomic E-state index is 14.0. The molecule has 1 saturated carbocycles. The summed E-state index contributed by atoms with van der Waals surface area (Å²) in [6.45, 7) is 2.10. The number of rotatable bonds is 9. The first-order chi connectivity index (χ1) is 19.8. The maximum atomic E-state index is 14.0. The Morgan fingerprint density at radius 2 is 1.83 bits per heavy atom. The van der Waals surface area contributed by atoms with Gasteiger partial charge in [0.25, 0.3) is 5.69 Å². The summed E-state index contributed by atoms with van der Waals surface area (Å²) in [6, 6.07) is 18.7. The number of nitrogens with zero attached hydrogens (tertiary/aromatic N) is 2. The number of fused-ring (bicyclic) bond motifs is 1. The SMILES string of the molecule is C[C@@](Cc1c[nH]c2ccccc12)(NC(=O)Nc1cccc([N+](=O)[O-])c1)C(=O)NCC1(c2ccccn2)CCCCC1. The molecule has 212 valence electrons. The fourth-order valence-corrected chi connectivity index (χ4v) is 5.82. The normalized spacial score (nSPS) is 15.9. The number of carbonyl (C=O) groups is 2. The van der Waals surface area contributed by atoms with Crippen molar-refractivity contribution >= 4 is 34.2 Å². The van der Waals surface area contributed by atoms with E-state index in [9.17, 15) is 19.7 Å². The molecule has 1 aliphatic rings. The van der Waals surface area contributed by atoms with E-state index in [0.29, 0.717) is 6.54 Å². The lowest BCUT2D eigenvalue weighted by Gasteiger charge is -2.38. The monoisotopic (exact) mass is 554 g/mol. The molecule has 3 amide bonds. The molecule has 4 aromatic rings. The zero-order chi connectivity index (χ0) is 28.9. The number of pyridine rings is 1. The summed E-state index contributed by atoms with van der Waals surface area (Å²) in [5.74, 6) is -0.321. The third kappa shape index (κ3) is 6.21. The van der Waals surface area contributed by atoms with Crippen LogP contribution in [0.25, 0.3) is 10.9 Å². The zero-order valence-electron chi connectivity index (χ0n) is 23.0. The molecule has 1 atom stereocenters. The minimum Gasteiger partial charge on any atom is -0.361 e. The Hall–Kier alpha value is -4.73. The van der Waals surface area contributed by atoms with Crippen molar-refractivity contribution in [2.75, 3.05) is 11.9 Å². The highest BCUT2D eigenvalue weighted by Crippen LogP contribution is 2.38. The second kappa shape index (κ2) is 11.8. The number of para-hydroxylation sites is 1. The molecule has 2 aromatic heterocycles. The summed E-state index contributed by atoms with van der Waals surface area (Å²) in [4.78, 5) is 45.7. The number of carbonyl (C=O) groups excluding carboxylic acids is 2. The van der Waals surface area contributed by atoms with Gasteiger partial charge in [0, 0.05) is 65.2 Å². The van der Waals surface area contributed by atoms with Gasteiger partial charge in [-0.2, -0.15) is 0 Å². The van der Waals surface area contributed by atoms with Gasteiger partial charge in [0.2, 0.25) is 5.91 Å². The quantitative estimate of drug-likeness (QED) is 0.157. The lowest BCUT2D eigenvalue weighted by molar-refractivity contribution is -0.384. The zero-order valence-corrected chi connectivity index (χ0v) is 23.0. The number of nitro groups is 1. The number of H-pyrrole nitrogens is 1. The topological polar surface area (TPSA) is 142 Å². The fraction of sp³-hybridized carbons (Fsp3) is 0.323. The summed E-state index contributed by atoms with van der Waals surface area (Å²) < 4.78 is 0. The van der Waals surface area contributed by atoms with Crippen molar-refractivity contribution in [3.05, 3.63) is 100 Å². The average Bonchev–Trinajstić information content (AvgIpc) is 3.39. The van der Waals surface area contributed by atoms with Gasteiger partial charge in [-0.15, -0.1) is 0 Å². The number of anilines is 1. The predicted octanol–water partition coefficient (Wildman–Crippen LogP) is 5.61. The molecule has 1 fully saturated rings. The maximum Gasteiger partial charge on any atom is 0.320 e. The molecule has 2 heterocycles. The van der Waals surface area contributed by atoms with Gasteiger partial charge in [0.05, 0.1) is 4.92 Å². The van der Waals surface area contributed by atoms with Gasteiger partial charge in [-0.05, 0) is 49.6 Å². The summed E-state index contributed by atoms with van der Waals surface area (Å²) in [5.41, 5.74) is 1.28. The van der Waals surface area contributed by atoms with Gasteiger partial charge in [0.15, 0.2) is 0 Å². The van der Waals surface area contributed by atoms with Crippen LogP contribution in [-0.4, -0.2) is 38.9 Å². The van der Waals surface area contributed by atoms with Gasteiger partial charge < -0.3 is 20.9 Å². The van der Waals surface area contributed by atoms with Crippen LogP contribution in [0.2, 0.25) is 0 Å². The highest BCUT2D eigenvalue weighted by Gasteiger charge is 2.40. The van der Waals surface area contributed by atoms with Crippen LogP contribution in [0.1, 0.15) is 50.3 Å². The third-order valence-corrected chi connectivity index (χ3v) is 8.03. The minimum atomic E-state index is -1.34. The Labute approximate surface area is 238 Å². The molecule has 0 bridgehead atoms. The molecule has 0 aliphatic heterocycles. The second-order valence-corrected chi connectivity index (χ2v) is 11.0. The van der Waals surface area contributed by atoms with E-state index in [0.717, 1.165) is 54.3 Å². The first-order valence-electron chi connectivity index (χ1n) is 13.9. The summed E-state index contributed by atoms with van der Waals surface area (Å²) in [5, 5.41) is 20.8. The molecular formula is C31H34N6O4. The van der Waals surface area contributed by atoms with E-state index in [2.05, 4.69) is 25.9 Å². The Bertz CT molecular complexity index is 1550. The van der Waals surface area contributed by atoms with Gasteiger partial charge in [-0.25, -0.2) is 4.79 Å². The number of non-ortho nitro benzene ring substituents is 1. The molecule has 10 nitrogen and oxygen atoms in total. The van der Waals surface area contributed by atoms with Crippen molar-refractivity contribution in [1.82, 2.24) is 20.6 Å². The van der Waals surface area contributed by atoms with E-state index in [-0.39, 0.29) is 29.1 Å². The van der Waals surface area contributed by atoms with Crippen molar-refractivity contribution in [3.63, 3.8) is 0 Å². The summed E-state index contributed by atoms with van der Waals surface area (Å²) >= 11 is 0. The van der Waals surface area contributed by atoms with Gasteiger partial charge in [0.1, 0.15) is 5.54 Å². The average molecular weight is 555 g/mol. The minimum absolute atomic E-state index is 0.144. The molecule has 0 spiro atoms. The van der Waals surface area contributed by atoms with E-state index in [1.165, 1.54) is 18.2 Å². The number of urea groups is 1. The van der Waals surface area contributed by atoms with Crippen LogP contribution in [0.4, 0.5) is 16.2 Å². The van der Waals surface area contributed by atoms with Crippen LogP contribution in [0.5, 0.6) is 0 Å². The number of aromatic nitrogens is 2. The molecule has 41 heavy (non-hydrogen) atoms. The van der Waals surface area contributed by atoms with E-state index in [4.69, 9.17) is 0 Å². The highest BCUT2D eigenvalue weighted by molar-refractivity contribution is 5.96. The van der Waals surface area contributed by atoms with Crippen LogP contribution in [0, 0.1) is 10.1 Å². The molecule has 1 aliphatic carbocycles. The lowest BCUT2D eigenvalue weighted by Crippen LogP contribution is -2.60. The van der Waals surface area contributed by atoms with E-state index in [1.807, 2.05) is 48.7 Å². The Balaban J connectivity index is 1.40. The molecular weight excluding hydrogens is 520 g/mol. The van der Waals surface area contributed by atoms with E-state index in [1.54, 1.807) is 19.2 Å². The number of hydrogen-bond acceptors (Lipinski definition) is 5. The van der Waals surface area contributed by atoms with Crippen molar-refractivity contribution in [3.8, 4) is 0 Å². The number of aromatic amines is 1. The lowest BCUT2D eigenvalue weighted by atomic mass is 9.71. The number of benzene rings is 2. The fourth-order valence-electron chi connectivity index (χ4n) is 5.82. The van der Waals surface area contributed by atoms with Gasteiger partial charge in [-0.3, -0.25) is 19.9 Å². The molecule has 0 saturated heterocycles. The third-order valence-electron chi connectivity index (χ3n) is 8.03. The van der Waals surface area contributed by atoms with Crippen molar-refractivity contribution < 1.29 is 14.5 Å². The first kappa shape index (κ1) is 27.8. The largest absolute Gasteiger partial charge is 0.361 e. The highest BCUT2D eigenvalue weighted by atomic mass is 16.6. The van der Waals surface area contributed by atoms with Crippen LogP contribution in [-0.2, 0) is 16.6 Å². The Kier molecular flexibility index (Phi) is 8.00. The van der Waals surface area contributed by atoms with Crippen LogP contribution in [0.3, 0.4) is 0 Å². The van der Waals surface area contributed by atoms with E-state index < -0.39 is 16.5 Å². The van der Waals surface area contributed by atoms with Crippen molar-refractivity contribution in [2.24, 2.45) is 0 Å². The molecule has 0 unspecified atom stereocenters. The summed E-state index contributed by atoms with van der Waals surface area (Å²) in [7, 11) is 0. The Morgan fingerprint density at radius 3 is 2.59 bits per heavy atom. The van der Waals surface area contributed by atoms with Crippen molar-refractivity contribution in [1.29, 1.82) is 0 Å². The van der Waals surface area contributed by atoms with Crippen LogP contribution >= 0.6 is 0 Å². The van der Waals surface area contributed by atoms with Gasteiger partial charge in [-0.1, -0.05) is 49.6 Å². The van der Waals surface area contributed by atoms with E-state index >= 15 is 0 Å². The smallest absolute Gasteiger partial charge is 0.320 e. The van der Waals surface area contributed by atoms with Crippen molar-refractivity contribution in [2.45, 2.75) is 56.4 Å². The second-order valence-electron chi connectivity index (χ2n) is 11.0. The molecule has 2 aromatic carbocycles. The Morgan fingerprint density at radius 1 is 1.05 bits per heavy atom.